The fraction of sp³-hybridized carbons (Fsp3) is 0.409. The van der Waals surface area contributed by atoms with E-state index in [0.29, 0.717) is 19.8 Å². The zero-order chi connectivity index (χ0) is 18.0. The predicted octanol–water partition coefficient (Wildman–Crippen LogP) is 4.49. The molecule has 2 aromatic carbocycles. The average molecular weight is 479 g/mol. The Bertz CT molecular complexity index is 684. The minimum atomic E-state index is 0. The van der Waals surface area contributed by atoms with Crippen LogP contribution in [0.1, 0.15) is 36.5 Å². The molecule has 1 aliphatic rings. The largest absolute Gasteiger partial charge is 0.372 e. The van der Waals surface area contributed by atoms with Crippen molar-refractivity contribution in [1.29, 1.82) is 0 Å². The molecule has 3 rings (SSSR count). The Morgan fingerprint density at radius 2 is 1.56 bits per heavy atom. The summed E-state index contributed by atoms with van der Waals surface area (Å²) in [6.45, 7) is 5.97. The molecule has 0 aliphatic heterocycles. The van der Waals surface area contributed by atoms with E-state index in [9.17, 15) is 0 Å². The highest BCUT2D eigenvalue weighted by Crippen LogP contribution is 2.27. The lowest BCUT2D eigenvalue weighted by atomic mass is 10.1. The van der Waals surface area contributed by atoms with Crippen LogP contribution in [0.3, 0.4) is 0 Å². The zero-order valence-corrected chi connectivity index (χ0v) is 18.3. The molecule has 27 heavy (non-hydrogen) atoms. The summed E-state index contributed by atoms with van der Waals surface area (Å²) in [6.07, 6.45) is 2.69. The van der Waals surface area contributed by atoms with Crippen molar-refractivity contribution in [3.8, 4) is 0 Å². The van der Waals surface area contributed by atoms with E-state index in [2.05, 4.69) is 58.9 Å². The van der Waals surface area contributed by atoms with Crippen molar-refractivity contribution in [3.05, 3.63) is 71.3 Å². The molecule has 1 fully saturated rings. The summed E-state index contributed by atoms with van der Waals surface area (Å²) in [6, 6.07) is 18.8. The van der Waals surface area contributed by atoms with Gasteiger partial charge in [-0.1, -0.05) is 54.6 Å². The number of nitrogens with zero attached hydrogens (tertiary/aromatic N) is 1. The maximum atomic E-state index is 5.79. The van der Waals surface area contributed by atoms with E-state index in [1.165, 1.54) is 29.5 Å². The van der Waals surface area contributed by atoms with Crippen LogP contribution in [0.4, 0.5) is 0 Å². The van der Waals surface area contributed by atoms with Gasteiger partial charge in [0.25, 0.3) is 0 Å². The number of hydrogen-bond donors (Lipinski definition) is 2. The van der Waals surface area contributed by atoms with Crippen molar-refractivity contribution < 1.29 is 4.74 Å². The third-order valence-corrected chi connectivity index (χ3v) is 4.42. The molecule has 0 saturated heterocycles. The second-order valence-electron chi connectivity index (χ2n) is 6.81. The van der Waals surface area contributed by atoms with Crippen LogP contribution in [-0.2, 0) is 24.5 Å². The normalized spacial score (nSPS) is 13.7. The molecule has 0 bridgehead atoms. The summed E-state index contributed by atoms with van der Waals surface area (Å²) in [5.41, 5.74) is 3.60. The van der Waals surface area contributed by atoms with E-state index in [-0.39, 0.29) is 24.0 Å². The minimum absolute atomic E-state index is 0. The number of ether oxygens (including phenoxy) is 1. The molecule has 1 aliphatic carbocycles. The molecule has 5 heteroatoms. The number of halogens is 1. The van der Waals surface area contributed by atoms with Crippen LogP contribution in [-0.4, -0.2) is 19.0 Å². The molecule has 0 heterocycles. The molecule has 0 amide bonds. The van der Waals surface area contributed by atoms with Crippen LogP contribution in [0.5, 0.6) is 0 Å². The van der Waals surface area contributed by atoms with Gasteiger partial charge in [0.1, 0.15) is 0 Å². The topological polar surface area (TPSA) is 45.7 Å². The highest BCUT2D eigenvalue weighted by Gasteiger charge is 2.20. The molecular weight excluding hydrogens is 449 g/mol. The average Bonchev–Trinajstić information content (AvgIpc) is 3.50. The maximum absolute atomic E-state index is 5.79. The van der Waals surface area contributed by atoms with Crippen LogP contribution in [0.25, 0.3) is 0 Å². The number of aliphatic imine (C=N–C) groups is 1. The summed E-state index contributed by atoms with van der Waals surface area (Å²) >= 11 is 0. The van der Waals surface area contributed by atoms with Crippen LogP contribution in [0.15, 0.2) is 59.6 Å². The first-order valence-corrected chi connectivity index (χ1v) is 9.55. The van der Waals surface area contributed by atoms with Gasteiger partial charge in [0.05, 0.1) is 19.8 Å². The van der Waals surface area contributed by atoms with Gasteiger partial charge in [-0.25, -0.2) is 4.99 Å². The summed E-state index contributed by atoms with van der Waals surface area (Å²) in [4.78, 5) is 4.68. The smallest absolute Gasteiger partial charge is 0.191 e. The molecule has 0 spiro atoms. The highest BCUT2D eigenvalue weighted by atomic mass is 127. The van der Waals surface area contributed by atoms with E-state index >= 15 is 0 Å². The molecule has 0 atom stereocenters. The van der Waals surface area contributed by atoms with E-state index in [4.69, 9.17) is 4.74 Å². The van der Waals surface area contributed by atoms with Gasteiger partial charge in [0.2, 0.25) is 0 Å². The third kappa shape index (κ3) is 8.30. The van der Waals surface area contributed by atoms with Gasteiger partial charge in [0, 0.05) is 13.1 Å². The first-order valence-electron chi connectivity index (χ1n) is 9.55. The zero-order valence-electron chi connectivity index (χ0n) is 16.0. The molecule has 2 N–H and O–H groups in total. The molecule has 0 radical (unpaired) electrons. The first-order chi connectivity index (χ1) is 12.8. The standard InChI is InChI=1S/C22H29N3O.HI/c1-2-23-22(24-14-18-8-9-18)25-15-19-10-12-21(13-11-19)17-26-16-20-6-4-3-5-7-20;/h3-7,10-13,18H,2,8-9,14-17H2,1H3,(H2,23,24,25);1H. The second kappa shape index (κ2) is 12.0. The molecule has 0 unspecified atom stereocenters. The fourth-order valence-corrected chi connectivity index (χ4v) is 2.68. The van der Waals surface area contributed by atoms with Gasteiger partial charge in [-0.05, 0) is 42.4 Å². The number of rotatable bonds is 9. The summed E-state index contributed by atoms with van der Waals surface area (Å²) in [5, 5.41) is 6.74. The minimum Gasteiger partial charge on any atom is -0.372 e. The lowest BCUT2D eigenvalue weighted by Gasteiger charge is -2.11. The SMILES string of the molecule is CCNC(=NCc1ccc(COCc2ccccc2)cc1)NCC1CC1.I. The van der Waals surface area contributed by atoms with Crippen LogP contribution >= 0.6 is 24.0 Å². The summed E-state index contributed by atoms with van der Waals surface area (Å²) in [7, 11) is 0. The fourth-order valence-electron chi connectivity index (χ4n) is 2.68. The van der Waals surface area contributed by atoms with Crippen LogP contribution < -0.4 is 10.6 Å². The van der Waals surface area contributed by atoms with Gasteiger partial charge < -0.3 is 15.4 Å². The Morgan fingerprint density at radius 3 is 2.19 bits per heavy atom. The van der Waals surface area contributed by atoms with Crippen molar-refractivity contribution in [2.45, 2.75) is 39.5 Å². The Labute approximate surface area is 179 Å². The predicted molar refractivity (Wildman–Crippen MR) is 122 cm³/mol. The molecule has 4 nitrogen and oxygen atoms in total. The Balaban J connectivity index is 0.00000261. The monoisotopic (exact) mass is 479 g/mol. The Kier molecular flexibility index (Phi) is 9.62. The summed E-state index contributed by atoms with van der Waals surface area (Å²) < 4.78 is 5.79. The van der Waals surface area contributed by atoms with Crippen molar-refractivity contribution in [2.75, 3.05) is 13.1 Å². The molecule has 0 aromatic heterocycles. The number of guanidine groups is 1. The third-order valence-electron chi connectivity index (χ3n) is 4.42. The van der Waals surface area contributed by atoms with Crippen LogP contribution in [0, 0.1) is 5.92 Å². The quantitative estimate of drug-likeness (QED) is 0.317. The first kappa shape index (κ1) is 21.7. The number of hydrogen-bond acceptors (Lipinski definition) is 2. The van der Waals surface area contributed by atoms with Gasteiger partial charge in [-0.2, -0.15) is 0 Å². The Morgan fingerprint density at radius 1 is 0.926 bits per heavy atom. The van der Waals surface area contributed by atoms with Gasteiger partial charge in [0.15, 0.2) is 5.96 Å². The van der Waals surface area contributed by atoms with Crippen molar-refractivity contribution in [2.24, 2.45) is 10.9 Å². The molecule has 146 valence electrons. The lowest BCUT2D eigenvalue weighted by Crippen LogP contribution is -2.38. The van der Waals surface area contributed by atoms with Crippen LogP contribution in [0.2, 0.25) is 0 Å². The highest BCUT2D eigenvalue weighted by molar-refractivity contribution is 14.0. The van der Waals surface area contributed by atoms with E-state index in [1.807, 2.05) is 18.2 Å². The molecular formula is C22H30IN3O. The lowest BCUT2D eigenvalue weighted by molar-refractivity contribution is 0.107. The summed E-state index contributed by atoms with van der Waals surface area (Å²) in [5.74, 6) is 1.75. The van der Waals surface area contributed by atoms with Crippen molar-refractivity contribution in [1.82, 2.24) is 10.6 Å². The second-order valence-corrected chi connectivity index (χ2v) is 6.81. The number of benzene rings is 2. The maximum Gasteiger partial charge on any atom is 0.191 e. The van der Waals surface area contributed by atoms with E-state index in [1.54, 1.807) is 0 Å². The molecule has 2 aromatic rings. The van der Waals surface area contributed by atoms with Crippen molar-refractivity contribution >= 4 is 29.9 Å². The van der Waals surface area contributed by atoms with Gasteiger partial charge in [-0.15, -0.1) is 24.0 Å². The number of nitrogens with one attached hydrogen (secondary N) is 2. The van der Waals surface area contributed by atoms with E-state index < -0.39 is 0 Å². The Hall–Kier alpha value is -1.60. The van der Waals surface area contributed by atoms with Gasteiger partial charge >= 0.3 is 0 Å². The van der Waals surface area contributed by atoms with Gasteiger partial charge in [-0.3, -0.25) is 0 Å². The van der Waals surface area contributed by atoms with E-state index in [0.717, 1.165) is 25.0 Å². The van der Waals surface area contributed by atoms with Crippen molar-refractivity contribution in [3.63, 3.8) is 0 Å². The molecule has 1 saturated carbocycles.